The number of nitrogens with one attached hydrogen (secondary N) is 1. The third kappa shape index (κ3) is 11.2. The summed E-state index contributed by atoms with van der Waals surface area (Å²) in [6.07, 6.45) is 2.52. The van der Waals surface area contributed by atoms with Gasteiger partial charge in [-0.1, -0.05) is 31.4 Å². The highest BCUT2D eigenvalue weighted by molar-refractivity contribution is 7.86. The molecule has 152 valence electrons. The summed E-state index contributed by atoms with van der Waals surface area (Å²) in [5, 5.41) is 2.37. The molecule has 0 fully saturated rings. The molecule has 11 heteroatoms. The predicted molar refractivity (Wildman–Crippen MR) is 101 cm³/mol. The second-order valence-corrected chi connectivity index (χ2v) is 8.67. The van der Waals surface area contributed by atoms with Crippen molar-refractivity contribution in [2.75, 3.05) is 12.4 Å². The van der Waals surface area contributed by atoms with Gasteiger partial charge in [0.15, 0.2) is 0 Å². The quantitative estimate of drug-likeness (QED) is 0.325. The molecule has 1 rings (SSSR count). The van der Waals surface area contributed by atoms with Gasteiger partial charge in [0.2, 0.25) is 5.91 Å². The minimum atomic E-state index is -4.22. The second-order valence-electron chi connectivity index (χ2n) is 5.82. The highest BCUT2D eigenvalue weighted by atomic mass is 32.2. The van der Waals surface area contributed by atoms with E-state index in [-0.39, 0.29) is 17.3 Å². The molecule has 1 aromatic rings. The Morgan fingerprint density at radius 1 is 1.19 bits per heavy atom. The Bertz CT molecular complexity index is 873. The van der Waals surface area contributed by atoms with E-state index >= 15 is 0 Å². The van der Waals surface area contributed by atoms with Crippen LogP contribution in [-0.2, 0) is 25.0 Å². The molecular weight excluding hydrogens is 398 g/mol. The van der Waals surface area contributed by atoms with E-state index in [2.05, 4.69) is 18.5 Å². The molecule has 0 radical (unpaired) electrons. The van der Waals surface area contributed by atoms with E-state index in [9.17, 15) is 21.6 Å². The molecule has 0 aromatic heterocycles. The Kier molecular flexibility index (Phi) is 9.37. The van der Waals surface area contributed by atoms with Crippen LogP contribution in [-0.4, -0.2) is 49.7 Å². The van der Waals surface area contributed by atoms with E-state index in [0.717, 1.165) is 6.08 Å². The second kappa shape index (κ2) is 10.2. The highest BCUT2D eigenvalue weighted by Gasteiger charge is 2.25. The number of para-hydroxylation sites is 1. The zero-order chi connectivity index (χ0) is 21.3. The van der Waals surface area contributed by atoms with E-state index in [1.807, 2.05) is 0 Å². The van der Waals surface area contributed by atoms with Crippen molar-refractivity contribution in [1.82, 2.24) is 5.32 Å². The molecule has 9 nitrogen and oxygen atoms in total. The van der Waals surface area contributed by atoms with Crippen molar-refractivity contribution in [2.45, 2.75) is 24.3 Å². The SMILES string of the molecule is C=CC(=O)NC(C)(C)CS(=O)(=O)O.C=CCOc1ccccc1S(=O)(=O)O. The summed E-state index contributed by atoms with van der Waals surface area (Å²) in [6.45, 7) is 9.81. The predicted octanol–water partition coefficient (Wildman–Crippen LogP) is 1.45. The number of hydrogen-bond acceptors (Lipinski definition) is 6. The van der Waals surface area contributed by atoms with Crippen molar-refractivity contribution in [3.05, 3.63) is 49.6 Å². The number of amides is 1. The summed E-state index contributed by atoms with van der Waals surface area (Å²) in [5.41, 5.74) is -1.00. The number of ether oxygens (including phenoxy) is 1. The van der Waals surface area contributed by atoms with Crippen LogP contribution in [0.4, 0.5) is 0 Å². The third-order valence-electron chi connectivity index (χ3n) is 2.67. The standard InChI is InChI=1S/C9H10O4S.C7H13NO4S/c1-2-7-13-8-5-3-4-6-9(8)14(10,11)12;1-4-6(9)8-7(2,3)5-13(10,11)12/h2-6H,1,7H2,(H,10,11,12);4H,1,5H2,2-3H3,(H,8,9)(H,10,11,12). The fourth-order valence-corrected chi connectivity index (χ4v) is 3.42. The lowest BCUT2D eigenvalue weighted by molar-refractivity contribution is -0.117. The van der Waals surface area contributed by atoms with Gasteiger partial charge in [0.25, 0.3) is 20.2 Å². The van der Waals surface area contributed by atoms with Crippen molar-refractivity contribution in [3.8, 4) is 5.75 Å². The lowest BCUT2D eigenvalue weighted by Crippen LogP contribution is -2.47. The number of hydrogen-bond donors (Lipinski definition) is 3. The molecule has 0 bridgehead atoms. The summed E-state index contributed by atoms with van der Waals surface area (Å²) >= 11 is 0. The van der Waals surface area contributed by atoms with Gasteiger partial charge in [-0.25, -0.2) is 0 Å². The van der Waals surface area contributed by atoms with Gasteiger partial charge < -0.3 is 10.1 Å². The van der Waals surface area contributed by atoms with E-state index in [1.165, 1.54) is 38.1 Å². The molecule has 0 aliphatic heterocycles. The zero-order valence-electron chi connectivity index (χ0n) is 15.0. The normalized spacial score (nSPS) is 11.6. The molecule has 0 aliphatic carbocycles. The lowest BCUT2D eigenvalue weighted by atomic mass is 10.1. The average molecular weight is 421 g/mol. The lowest BCUT2D eigenvalue weighted by Gasteiger charge is -2.23. The fourth-order valence-electron chi connectivity index (χ4n) is 1.81. The molecule has 0 atom stereocenters. The average Bonchev–Trinajstić information content (AvgIpc) is 2.50. The molecule has 0 heterocycles. The van der Waals surface area contributed by atoms with Gasteiger partial charge in [0.05, 0.1) is 11.3 Å². The first-order chi connectivity index (χ1) is 12.2. The monoisotopic (exact) mass is 421 g/mol. The van der Waals surface area contributed by atoms with Crippen LogP contribution >= 0.6 is 0 Å². The molecule has 27 heavy (non-hydrogen) atoms. The number of rotatable bonds is 8. The molecule has 0 unspecified atom stereocenters. The van der Waals surface area contributed by atoms with E-state index in [0.29, 0.717) is 0 Å². The largest absolute Gasteiger partial charge is 0.488 e. The van der Waals surface area contributed by atoms with Gasteiger partial charge in [-0.3, -0.25) is 13.9 Å². The minimum absolute atomic E-state index is 0.120. The smallest absolute Gasteiger partial charge is 0.298 e. The maximum absolute atomic E-state index is 10.9. The molecule has 1 aromatic carbocycles. The van der Waals surface area contributed by atoms with E-state index < -0.39 is 37.4 Å². The Balaban J connectivity index is 0.000000503. The van der Waals surface area contributed by atoms with Gasteiger partial charge in [-0.05, 0) is 32.1 Å². The first-order valence-corrected chi connectivity index (χ1v) is 10.5. The Hall–Kier alpha value is -2.21. The van der Waals surface area contributed by atoms with Crippen LogP contribution < -0.4 is 10.1 Å². The van der Waals surface area contributed by atoms with Gasteiger partial charge in [-0.15, -0.1) is 0 Å². The minimum Gasteiger partial charge on any atom is -0.488 e. The van der Waals surface area contributed by atoms with Crippen molar-refractivity contribution >= 4 is 26.1 Å². The van der Waals surface area contributed by atoms with Crippen molar-refractivity contribution in [1.29, 1.82) is 0 Å². The van der Waals surface area contributed by atoms with Crippen LogP contribution in [0.5, 0.6) is 5.75 Å². The van der Waals surface area contributed by atoms with Crippen molar-refractivity contribution in [2.24, 2.45) is 0 Å². The topological polar surface area (TPSA) is 147 Å². The first kappa shape index (κ1) is 24.8. The van der Waals surface area contributed by atoms with E-state index in [1.54, 1.807) is 6.07 Å². The first-order valence-electron chi connectivity index (χ1n) is 7.42. The molecule has 3 N–H and O–H groups in total. The number of carbonyl (C=O) groups excluding carboxylic acids is 1. The van der Waals surface area contributed by atoms with Crippen LogP contribution in [0.3, 0.4) is 0 Å². The summed E-state index contributed by atoms with van der Waals surface area (Å²) in [6, 6.07) is 5.86. The van der Waals surface area contributed by atoms with Gasteiger partial charge in [0, 0.05) is 0 Å². The fraction of sp³-hybridized carbons (Fsp3) is 0.312. The van der Waals surface area contributed by atoms with Crippen LogP contribution in [0, 0.1) is 0 Å². The van der Waals surface area contributed by atoms with Gasteiger partial charge >= 0.3 is 0 Å². The molecule has 1 amide bonds. The maximum atomic E-state index is 10.9. The maximum Gasteiger partial charge on any atom is 0.298 e. The Morgan fingerprint density at radius 3 is 2.19 bits per heavy atom. The molecule has 0 spiro atoms. The van der Waals surface area contributed by atoms with Crippen LogP contribution in [0.1, 0.15) is 13.8 Å². The third-order valence-corrected chi connectivity index (χ3v) is 4.65. The van der Waals surface area contributed by atoms with Gasteiger partial charge in [0.1, 0.15) is 17.3 Å². The van der Waals surface area contributed by atoms with Crippen LogP contribution in [0.25, 0.3) is 0 Å². The zero-order valence-corrected chi connectivity index (χ0v) is 16.6. The number of benzene rings is 1. The highest BCUT2D eigenvalue weighted by Crippen LogP contribution is 2.22. The molecule has 0 saturated carbocycles. The van der Waals surface area contributed by atoms with E-state index in [4.69, 9.17) is 13.8 Å². The molecule has 0 aliphatic rings. The Labute approximate surface area is 159 Å². The summed E-state index contributed by atoms with van der Waals surface area (Å²) in [5.74, 6) is -0.886. The summed E-state index contributed by atoms with van der Waals surface area (Å²) < 4.78 is 65.1. The summed E-state index contributed by atoms with van der Waals surface area (Å²) in [4.78, 5) is 10.6. The Morgan fingerprint density at radius 2 is 1.74 bits per heavy atom. The van der Waals surface area contributed by atoms with Crippen LogP contribution in [0.2, 0.25) is 0 Å². The van der Waals surface area contributed by atoms with Crippen molar-refractivity contribution in [3.63, 3.8) is 0 Å². The van der Waals surface area contributed by atoms with Crippen molar-refractivity contribution < 1.29 is 35.5 Å². The molecular formula is C16H23NO8S2. The number of carbonyl (C=O) groups is 1. The van der Waals surface area contributed by atoms with Crippen LogP contribution in [0.15, 0.2) is 54.5 Å². The molecule has 0 saturated heterocycles. The van der Waals surface area contributed by atoms with Gasteiger partial charge in [-0.2, -0.15) is 16.8 Å². The summed E-state index contributed by atoms with van der Waals surface area (Å²) in [7, 11) is -8.31.